The Hall–Kier alpha value is -3.70. The minimum Gasteiger partial charge on any atom is -0.465 e. The molecule has 0 saturated carbocycles. The van der Waals surface area contributed by atoms with E-state index in [9.17, 15) is 38.2 Å². The number of hydrogen-bond acceptors (Lipinski definition) is 7. The summed E-state index contributed by atoms with van der Waals surface area (Å²) in [7, 11) is 0.993. The molecule has 148 valence electrons. The van der Waals surface area contributed by atoms with Crippen molar-refractivity contribution >= 4 is 23.0 Å². The molecule has 0 spiro atoms. The third-order valence-electron chi connectivity index (χ3n) is 3.67. The molecule has 0 bridgehead atoms. The first-order valence-corrected chi connectivity index (χ1v) is 7.49. The normalized spacial score (nSPS) is 11.0. The van der Waals surface area contributed by atoms with Crippen LogP contribution in [0.2, 0.25) is 0 Å². The smallest absolute Gasteiger partial charge is 0.416 e. The van der Waals surface area contributed by atoms with E-state index in [4.69, 9.17) is 0 Å². The lowest BCUT2D eigenvalue weighted by Crippen LogP contribution is -2.12. The van der Waals surface area contributed by atoms with Crippen molar-refractivity contribution in [2.24, 2.45) is 0 Å². The van der Waals surface area contributed by atoms with Crippen molar-refractivity contribution in [2.45, 2.75) is 12.7 Å². The molecule has 0 atom stereocenters. The quantitative estimate of drug-likeness (QED) is 0.443. The number of hydrogen-bond donors (Lipinski definition) is 1. The molecule has 0 aliphatic carbocycles. The van der Waals surface area contributed by atoms with Gasteiger partial charge in [-0.05, 0) is 17.7 Å². The number of esters is 1. The van der Waals surface area contributed by atoms with Crippen molar-refractivity contribution in [1.29, 1.82) is 0 Å². The van der Waals surface area contributed by atoms with E-state index in [0.717, 1.165) is 37.4 Å². The molecule has 9 nitrogen and oxygen atoms in total. The molecule has 0 heterocycles. The lowest BCUT2D eigenvalue weighted by molar-refractivity contribution is -0.393. The van der Waals surface area contributed by atoms with Gasteiger partial charge in [0.25, 0.3) is 11.4 Å². The van der Waals surface area contributed by atoms with Crippen molar-refractivity contribution in [3.05, 3.63) is 73.3 Å². The monoisotopic (exact) mass is 399 g/mol. The minimum absolute atomic E-state index is 0.180. The van der Waals surface area contributed by atoms with Crippen LogP contribution in [0.4, 0.5) is 30.2 Å². The summed E-state index contributed by atoms with van der Waals surface area (Å²) in [6.45, 7) is -0.180. The van der Waals surface area contributed by atoms with Crippen LogP contribution < -0.4 is 5.32 Å². The van der Waals surface area contributed by atoms with Crippen LogP contribution in [0.25, 0.3) is 0 Å². The summed E-state index contributed by atoms with van der Waals surface area (Å²) in [6, 6.07) is 5.47. The van der Waals surface area contributed by atoms with Crippen LogP contribution in [0.5, 0.6) is 0 Å². The van der Waals surface area contributed by atoms with Crippen LogP contribution in [0.3, 0.4) is 0 Å². The Morgan fingerprint density at radius 1 is 1.11 bits per heavy atom. The fourth-order valence-corrected chi connectivity index (χ4v) is 2.32. The van der Waals surface area contributed by atoms with Gasteiger partial charge in [-0.15, -0.1) is 0 Å². The van der Waals surface area contributed by atoms with Crippen LogP contribution in [-0.2, 0) is 17.5 Å². The van der Waals surface area contributed by atoms with Crippen molar-refractivity contribution in [1.82, 2.24) is 0 Å². The van der Waals surface area contributed by atoms with Crippen molar-refractivity contribution in [3.63, 3.8) is 0 Å². The van der Waals surface area contributed by atoms with E-state index in [1.807, 2.05) is 0 Å². The maximum Gasteiger partial charge on any atom is 0.416 e. The van der Waals surface area contributed by atoms with Gasteiger partial charge in [-0.2, -0.15) is 13.2 Å². The molecular weight excluding hydrogens is 387 g/mol. The predicted octanol–water partition coefficient (Wildman–Crippen LogP) is 3.92. The van der Waals surface area contributed by atoms with E-state index in [1.165, 1.54) is 0 Å². The molecule has 28 heavy (non-hydrogen) atoms. The van der Waals surface area contributed by atoms with Gasteiger partial charge in [0.2, 0.25) is 0 Å². The van der Waals surface area contributed by atoms with Crippen LogP contribution in [0.1, 0.15) is 21.5 Å². The van der Waals surface area contributed by atoms with E-state index < -0.39 is 44.5 Å². The van der Waals surface area contributed by atoms with Gasteiger partial charge < -0.3 is 10.1 Å². The van der Waals surface area contributed by atoms with Gasteiger partial charge in [0.1, 0.15) is 5.69 Å². The van der Waals surface area contributed by atoms with Gasteiger partial charge in [-0.3, -0.25) is 20.2 Å². The molecule has 0 amide bonds. The Labute approximate surface area is 155 Å². The third kappa shape index (κ3) is 4.52. The zero-order valence-electron chi connectivity index (χ0n) is 14.1. The highest BCUT2D eigenvalue weighted by Crippen LogP contribution is 2.34. The zero-order chi connectivity index (χ0) is 21.1. The van der Waals surface area contributed by atoms with Gasteiger partial charge in [-0.25, -0.2) is 4.79 Å². The number of benzene rings is 2. The molecule has 0 saturated heterocycles. The Bertz CT molecular complexity index is 928. The first kappa shape index (κ1) is 20.6. The molecule has 2 aromatic rings. The van der Waals surface area contributed by atoms with E-state index >= 15 is 0 Å². The average molecular weight is 399 g/mol. The van der Waals surface area contributed by atoms with E-state index in [2.05, 4.69) is 10.1 Å². The van der Waals surface area contributed by atoms with E-state index in [1.54, 1.807) is 0 Å². The summed E-state index contributed by atoms with van der Waals surface area (Å²) in [5.74, 6) is -1.05. The first-order valence-electron chi connectivity index (χ1n) is 7.49. The van der Waals surface area contributed by atoms with E-state index in [-0.39, 0.29) is 12.2 Å². The lowest BCUT2D eigenvalue weighted by atomic mass is 10.1. The number of nitro benzene ring substituents is 2. The molecule has 0 radical (unpaired) electrons. The fraction of sp³-hybridized carbons (Fsp3) is 0.188. The predicted molar refractivity (Wildman–Crippen MR) is 89.9 cm³/mol. The lowest BCUT2D eigenvalue weighted by Gasteiger charge is -2.12. The van der Waals surface area contributed by atoms with Crippen LogP contribution in [0.15, 0.2) is 36.4 Å². The van der Waals surface area contributed by atoms with Crippen molar-refractivity contribution in [2.75, 3.05) is 12.4 Å². The van der Waals surface area contributed by atoms with E-state index in [0.29, 0.717) is 11.6 Å². The number of methoxy groups -OCH3 is 1. The first-order chi connectivity index (χ1) is 13.0. The molecule has 1 N–H and O–H groups in total. The number of non-ortho nitro benzene ring substituents is 1. The van der Waals surface area contributed by atoms with Gasteiger partial charge in [0.15, 0.2) is 0 Å². The van der Waals surface area contributed by atoms with Crippen LogP contribution >= 0.6 is 0 Å². The maximum atomic E-state index is 12.6. The number of anilines is 1. The summed E-state index contributed by atoms with van der Waals surface area (Å²) in [6.07, 6.45) is -4.51. The summed E-state index contributed by atoms with van der Waals surface area (Å²) in [5, 5.41) is 24.8. The molecule has 12 heteroatoms. The number of alkyl halides is 3. The summed E-state index contributed by atoms with van der Waals surface area (Å²) >= 11 is 0. The fourth-order valence-electron chi connectivity index (χ4n) is 2.32. The molecule has 0 unspecified atom stereocenters. The maximum absolute atomic E-state index is 12.6. The number of nitrogens with zero attached hydrogens (tertiary/aromatic N) is 2. The number of nitro groups is 2. The Balaban J connectivity index is 2.41. The molecule has 0 aromatic heterocycles. The third-order valence-corrected chi connectivity index (χ3v) is 3.67. The topological polar surface area (TPSA) is 125 Å². The highest BCUT2D eigenvalue weighted by Gasteiger charge is 2.30. The number of halogens is 3. The van der Waals surface area contributed by atoms with Gasteiger partial charge in [0, 0.05) is 12.6 Å². The second kappa shape index (κ2) is 7.90. The van der Waals surface area contributed by atoms with Crippen molar-refractivity contribution in [3.8, 4) is 0 Å². The number of rotatable bonds is 6. The number of carbonyl (C=O) groups is 1. The van der Waals surface area contributed by atoms with Crippen LogP contribution in [-0.4, -0.2) is 22.9 Å². The molecular formula is C16H12F3N3O6. The molecule has 2 aromatic carbocycles. The number of carbonyl (C=O) groups excluding carboxylic acids is 1. The van der Waals surface area contributed by atoms with Gasteiger partial charge >= 0.3 is 12.1 Å². The van der Waals surface area contributed by atoms with Gasteiger partial charge in [0.05, 0.1) is 34.1 Å². The Kier molecular flexibility index (Phi) is 5.81. The minimum atomic E-state index is -4.51. The molecule has 0 aliphatic heterocycles. The Morgan fingerprint density at radius 3 is 2.18 bits per heavy atom. The second-order valence-electron chi connectivity index (χ2n) is 5.44. The molecule has 0 fully saturated rings. The molecule has 2 rings (SSSR count). The summed E-state index contributed by atoms with van der Waals surface area (Å²) in [5.41, 5.74) is -2.77. The zero-order valence-corrected chi connectivity index (χ0v) is 14.1. The number of ether oxygens (including phenoxy) is 1. The SMILES string of the molecule is COC(=O)c1cc([N+](=O)[O-])cc([N+](=O)[O-])c1NCc1ccc(C(F)(F)F)cc1. The standard InChI is InChI=1S/C16H12F3N3O6/c1-28-15(23)12-6-11(21(24)25)7-13(22(26)27)14(12)20-8-9-2-4-10(5-3-9)16(17,18)19/h2-7,20H,8H2,1H3. The number of nitrogens with one attached hydrogen (secondary N) is 1. The highest BCUT2D eigenvalue weighted by molar-refractivity contribution is 5.99. The van der Waals surface area contributed by atoms with Gasteiger partial charge in [-0.1, -0.05) is 12.1 Å². The van der Waals surface area contributed by atoms with Crippen molar-refractivity contribution < 1.29 is 32.5 Å². The second-order valence-corrected chi connectivity index (χ2v) is 5.44. The molecule has 0 aliphatic rings. The largest absolute Gasteiger partial charge is 0.465 e. The highest BCUT2D eigenvalue weighted by atomic mass is 19.4. The average Bonchev–Trinajstić information content (AvgIpc) is 2.64. The Morgan fingerprint density at radius 2 is 1.71 bits per heavy atom. The van der Waals surface area contributed by atoms with Crippen LogP contribution in [0, 0.1) is 20.2 Å². The summed E-state index contributed by atoms with van der Waals surface area (Å²) in [4.78, 5) is 32.3. The summed E-state index contributed by atoms with van der Waals surface area (Å²) < 4.78 is 42.3.